The monoisotopic (exact) mass is 301 g/mol. The van der Waals surface area contributed by atoms with Gasteiger partial charge in [-0.3, -0.25) is 4.79 Å². The summed E-state index contributed by atoms with van der Waals surface area (Å²) in [4.78, 5) is 14.4. The average molecular weight is 301 g/mol. The van der Waals surface area contributed by atoms with Gasteiger partial charge in [0.05, 0.1) is 13.5 Å². The Morgan fingerprint density at radius 2 is 2.41 bits per heavy atom. The Balaban J connectivity index is 1.64. The summed E-state index contributed by atoms with van der Waals surface area (Å²) in [6, 6.07) is 7.63. The topological polar surface area (TPSA) is 84.0 Å². The van der Waals surface area contributed by atoms with Crippen LogP contribution < -0.4 is 4.74 Å². The standard InChI is InChI=1S/C15H19N5O2/c1-22-13-6-2-4-11(8-13)9-14(21)20-7-3-5-12(10-20)15-16-18-19-17-15/h2,4,6,8,12H,3,5,7,9-10H2,1H3,(H,16,17,18,19). The van der Waals surface area contributed by atoms with E-state index < -0.39 is 0 Å². The highest BCUT2D eigenvalue weighted by molar-refractivity contribution is 5.79. The van der Waals surface area contributed by atoms with Crippen molar-refractivity contribution in [1.29, 1.82) is 0 Å². The minimum Gasteiger partial charge on any atom is -0.497 e. The second-order valence-corrected chi connectivity index (χ2v) is 5.48. The van der Waals surface area contributed by atoms with Crippen LogP contribution in [0, 0.1) is 0 Å². The molecule has 0 bridgehead atoms. The van der Waals surface area contributed by atoms with E-state index in [9.17, 15) is 4.79 Å². The highest BCUT2D eigenvalue weighted by Crippen LogP contribution is 2.24. The van der Waals surface area contributed by atoms with Crippen LogP contribution in [0.5, 0.6) is 5.75 Å². The number of rotatable bonds is 4. The van der Waals surface area contributed by atoms with Gasteiger partial charge in [0.25, 0.3) is 0 Å². The number of methoxy groups -OCH3 is 1. The highest BCUT2D eigenvalue weighted by Gasteiger charge is 2.27. The fourth-order valence-corrected chi connectivity index (χ4v) is 2.83. The molecular weight excluding hydrogens is 282 g/mol. The van der Waals surface area contributed by atoms with Gasteiger partial charge < -0.3 is 9.64 Å². The first-order valence-electron chi connectivity index (χ1n) is 7.40. The van der Waals surface area contributed by atoms with Crippen molar-refractivity contribution in [3.63, 3.8) is 0 Å². The van der Waals surface area contributed by atoms with Gasteiger partial charge in [-0.1, -0.05) is 17.3 Å². The van der Waals surface area contributed by atoms with E-state index in [-0.39, 0.29) is 11.8 Å². The summed E-state index contributed by atoms with van der Waals surface area (Å²) < 4.78 is 5.20. The SMILES string of the molecule is COc1cccc(CC(=O)N2CCCC(c3nn[nH]n3)C2)c1. The van der Waals surface area contributed by atoms with Gasteiger partial charge in [0.1, 0.15) is 5.75 Å². The van der Waals surface area contributed by atoms with Crippen LogP contribution in [0.4, 0.5) is 0 Å². The lowest BCUT2D eigenvalue weighted by Gasteiger charge is -2.31. The molecule has 1 unspecified atom stereocenters. The van der Waals surface area contributed by atoms with E-state index in [1.165, 1.54) is 0 Å². The molecule has 1 amide bonds. The van der Waals surface area contributed by atoms with E-state index >= 15 is 0 Å². The fourth-order valence-electron chi connectivity index (χ4n) is 2.83. The van der Waals surface area contributed by atoms with Crippen LogP contribution >= 0.6 is 0 Å². The first-order chi connectivity index (χ1) is 10.8. The zero-order chi connectivity index (χ0) is 15.4. The van der Waals surface area contributed by atoms with Gasteiger partial charge in [-0.2, -0.15) is 5.21 Å². The van der Waals surface area contributed by atoms with E-state index in [1.807, 2.05) is 29.2 Å². The van der Waals surface area contributed by atoms with Crippen molar-refractivity contribution in [3.8, 4) is 5.75 Å². The Hall–Kier alpha value is -2.44. The molecule has 7 heteroatoms. The Morgan fingerprint density at radius 3 is 3.18 bits per heavy atom. The van der Waals surface area contributed by atoms with E-state index in [0.29, 0.717) is 18.8 Å². The second kappa shape index (κ2) is 6.55. The number of piperidine rings is 1. The fraction of sp³-hybridized carbons (Fsp3) is 0.467. The Morgan fingerprint density at radius 1 is 1.50 bits per heavy atom. The normalized spacial score (nSPS) is 18.2. The predicted molar refractivity (Wildman–Crippen MR) is 79.4 cm³/mol. The lowest BCUT2D eigenvalue weighted by Crippen LogP contribution is -2.40. The third-order valence-electron chi connectivity index (χ3n) is 3.99. The molecule has 116 valence electrons. The number of hydrogen-bond acceptors (Lipinski definition) is 5. The van der Waals surface area contributed by atoms with Gasteiger partial charge in [-0.05, 0) is 30.5 Å². The summed E-state index contributed by atoms with van der Waals surface area (Å²) >= 11 is 0. The maximum atomic E-state index is 12.5. The number of carbonyl (C=O) groups is 1. The summed E-state index contributed by atoms with van der Waals surface area (Å²) in [6.45, 7) is 1.44. The third kappa shape index (κ3) is 3.24. The molecule has 1 aliphatic rings. The van der Waals surface area contributed by atoms with Gasteiger partial charge >= 0.3 is 0 Å². The quantitative estimate of drug-likeness (QED) is 0.916. The van der Waals surface area contributed by atoms with Crippen molar-refractivity contribution >= 4 is 5.91 Å². The summed E-state index contributed by atoms with van der Waals surface area (Å²) in [5, 5.41) is 14.2. The van der Waals surface area contributed by atoms with Gasteiger partial charge in [0, 0.05) is 19.0 Å². The molecule has 1 atom stereocenters. The Kier molecular flexibility index (Phi) is 4.32. The minimum atomic E-state index is 0.126. The number of nitrogens with zero attached hydrogens (tertiary/aromatic N) is 4. The van der Waals surface area contributed by atoms with Crippen LogP contribution in [-0.2, 0) is 11.2 Å². The van der Waals surface area contributed by atoms with Crippen LogP contribution in [0.25, 0.3) is 0 Å². The van der Waals surface area contributed by atoms with Crippen LogP contribution in [0.3, 0.4) is 0 Å². The first-order valence-corrected chi connectivity index (χ1v) is 7.40. The van der Waals surface area contributed by atoms with Gasteiger partial charge in [0.15, 0.2) is 5.82 Å². The number of tetrazole rings is 1. The molecule has 7 nitrogen and oxygen atoms in total. The predicted octanol–water partition coefficient (Wildman–Crippen LogP) is 1.16. The number of hydrogen-bond donors (Lipinski definition) is 1. The number of carbonyl (C=O) groups excluding carboxylic acids is 1. The summed E-state index contributed by atoms with van der Waals surface area (Å²) in [5.41, 5.74) is 0.964. The van der Waals surface area contributed by atoms with Gasteiger partial charge in [-0.15, -0.1) is 10.2 Å². The Bertz CT molecular complexity index is 629. The van der Waals surface area contributed by atoms with Crippen molar-refractivity contribution in [1.82, 2.24) is 25.5 Å². The number of benzene rings is 1. The number of likely N-dealkylation sites (tertiary alicyclic amines) is 1. The molecular formula is C15H19N5O2. The lowest BCUT2D eigenvalue weighted by molar-refractivity contribution is -0.131. The first kappa shape index (κ1) is 14.5. The maximum absolute atomic E-state index is 12.5. The molecule has 0 saturated carbocycles. The van der Waals surface area contributed by atoms with Gasteiger partial charge in [-0.25, -0.2) is 0 Å². The molecule has 22 heavy (non-hydrogen) atoms. The smallest absolute Gasteiger partial charge is 0.227 e. The molecule has 0 aliphatic carbocycles. The summed E-state index contributed by atoms with van der Waals surface area (Å²) in [6.07, 6.45) is 2.34. The summed E-state index contributed by atoms with van der Waals surface area (Å²) in [5.74, 6) is 1.76. The van der Waals surface area contributed by atoms with E-state index in [2.05, 4.69) is 20.6 Å². The maximum Gasteiger partial charge on any atom is 0.227 e. The van der Waals surface area contributed by atoms with Crippen LogP contribution in [0.1, 0.15) is 30.1 Å². The number of aromatic amines is 1. The van der Waals surface area contributed by atoms with Crippen molar-refractivity contribution in [2.45, 2.75) is 25.2 Å². The molecule has 2 heterocycles. The van der Waals surface area contributed by atoms with Crippen molar-refractivity contribution in [3.05, 3.63) is 35.7 Å². The molecule has 2 aromatic rings. The second-order valence-electron chi connectivity index (χ2n) is 5.48. The third-order valence-corrected chi connectivity index (χ3v) is 3.99. The van der Waals surface area contributed by atoms with E-state index in [1.54, 1.807) is 7.11 Å². The number of nitrogens with one attached hydrogen (secondary N) is 1. The van der Waals surface area contributed by atoms with Crippen molar-refractivity contribution < 1.29 is 9.53 Å². The Labute approximate surface area is 128 Å². The largest absolute Gasteiger partial charge is 0.497 e. The summed E-state index contributed by atoms with van der Waals surface area (Å²) in [7, 11) is 1.63. The van der Waals surface area contributed by atoms with Crippen molar-refractivity contribution in [2.24, 2.45) is 0 Å². The molecule has 3 rings (SSSR count). The van der Waals surface area contributed by atoms with Crippen LogP contribution in [-0.4, -0.2) is 51.6 Å². The number of H-pyrrole nitrogens is 1. The molecule has 1 saturated heterocycles. The molecule has 1 aliphatic heterocycles. The van der Waals surface area contributed by atoms with E-state index in [4.69, 9.17) is 4.74 Å². The molecule has 1 aromatic carbocycles. The number of amides is 1. The number of aromatic nitrogens is 4. The van der Waals surface area contributed by atoms with Gasteiger partial charge in [0.2, 0.25) is 5.91 Å². The zero-order valence-corrected chi connectivity index (χ0v) is 12.5. The van der Waals surface area contributed by atoms with E-state index in [0.717, 1.165) is 30.7 Å². The average Bonchev–Trinajstić information content (AvgIpc) is 3.09. The van der Waals surface area contributed by atoms with Crippen molar-refractivity contribution in [2.75, 3.05) is 20.2 Å². The molecule has 0 spiro atoms. The zero-order valence-electron chi connectivity index (χ0n) is 12.5. The molecule has 1 fully saturated rings. The molecule has 1 aromatic heterocycles. The highest BCUT2D eigenvalue weighted by atomic mass is 16.5. The molecule has 0 radical (unpaired) electrons. The lowest BCUT2D eigenvalue weighted by atomic mass is 9.97. The van der Waals surface area contributed by atoms with Crippen LogP contribution in [0.15, 0.2) is 24.3 Å². The van der Waals surface area contributed by atoms with Crippen LogP contribution in [0.2, 0.25) is 0 Å². The minimum absolute atomic E-state index is 0.126. The molecule has 1 N–H and O–H groups in total. The number of ether oxygens (including phenoxy) is 1.